The van der Waals surface area contributed by atoms with E-state index in [1.54, 1.807) is 37.4 Å². The first-order chi connectivity index (χ1) is 15.2. The highest BCUT2D eigenvalue weighted by Crippen LogP contribution is 2.32. The number of carbonyl (C=O) groups excluding carboxylic acids is 1. The van der Waals surface area contributed by atoms with Gasteiger partial charge in [0.2, 0.25) is 16.0 Å². The quantitative estimate of drug-likeness (QED) is 0.447. The van der Waals surface area contributed by atoms with Crippen LogP contribution in [0.5, 0.6) is 5.75 Å². The molecule has 0 unspecified atom stereocenters. The lowest BCUT2D eigenvalue weighted by Gasteiger charge is -2.19. The molecule has 0 aliphatic carbocycles. The zero-order chi connectivity index (χ0) is 22.9. The van der Waals surface area contributed by atoms with Gasteiger partial charge >= 0.3 is 0 Å². The number of hydrogen-bond donors (Lipinski definition) is 4. The van der Waals surface area contributed by atoms with E-state index in [2.05, 4.69) is 30.6 Å². The van der Waals surface area contributed by atoms with Crippen molar-refractivity contribution in [1.29, 1.82) is 0 Å². The van der Waals surface area contributed by atoms with Gasteiger partial charge in [-0.2, -0.15) is 4.98 Å². The zero-order valence-corrected chi connectivity index (χ0v) is 18.5. The van der Waals surface area contributed by atoms with Gasteiger partial charge in [-0.25, -0.2) is 18.1 Å². The number of amides is 1. The van der Waals surface area contributed by atoms with Gasteiger partial charge in [-0.15, -0.1) is 0 Å². The molecule has 1 aromatic heterocycles. The standard InChI is InChI=1S/C21H22N6O4S/c1-12-4-5-15(9-18(12)32(29,30)22-3)25-21-23-10-13(2)20(27-21)24-14-6-7-17-16(8-14)26-19(28)11-31-17/h4-10,22H,11H2,1-3H3,(H,26,28)(H2,23,24,25,27). The molecule has 4 rings (SSSR count). The second-order valence-electron chi connectivity index (χ2n) is 7.21. The van der Waals surface area contributed by atoms with Gasteiger partial charge < -0.3 is 20.7 Å². The number of nitrogens with one attached hydrogen (secondary N) is 4. The maximum atomic E-state index is 12.2. The number of benzene rings is 2. The van der Waals surface area contributed by atoms with Gasteiger partial charge in [-0.05, 0) is 56.8 Å². The van der Waals surface area contributed by atoms with Crippen LogP contribution in [0.1, 0.15) is 11.1 Å². The minimum Gasteiger partial charge on any atom is -0.482 e. The van der Waals surface area contributed by atoms with E-state index < -0.39 is 10.0 Å². The van der Waals surface area contributed by atoms with Crippen molar-refractivity contribution in [3.63, 3.8) is 0 Å². The number of aromatic nitrogens is 2. The van der Waals surface area contributed by atoms with E-state index in [9.17, 15) is 13.2 Å². The summed E-state index contributed by atoms with van der Waals surface area (Å²) in [5.74, 6) is 1.24. The van der Waals surface area contributed by atoms with Crippen molar-refractivity contribution < 1.29 is 17.9 Å². The van der Waals surface area contributed by atoms with Crippen LogP contribution in [0.4, 0.5) is 28.8 Å². The van der Waals surface area contributed by atoms with Crippen molar-refractivity contribution in [3.05, 3.63) is 53.7 Å². The van der Waals surface area contributed by atoms with E-state index in [1.807, 2.05) is 13.0 Å². The Kier molecular flexibility index (Phi) is 5.68. The molecule has 2 heterocycles. The molecule has 0 spiro atoms. The topological polar surface area (TPSA) is 134 Å². The Morgan fingerprint density at radius 3 is 2.56 bits per heavy atom. The fraction of sp³-hybridized carbons (Fsp3) is 0.190. The summed E-state index contributed by atoms with van der Waals surface area (Å²) in [4.78, 5) is 20.5. The minimum absolute atomic E-state index is 0.00380. The van der Waals surface area contributed by atoms with Crippen LogP contribution in [0.2, 0.25) is 0 Å². The van der Waals surface area contributed by atoms with Gasteiger partial charge in [0.15, 0.2) is 6.61 Å². The van der Waals surface area contributed by atoms with Gasteiger partial charge in [0.25, 0.3) is 5.91 Å². The van der Waals surface area contributed by atoms with Crippen LogP contribution in [0, 0.1) is 13.8 Å². The van der Waals surface area contributed by atoms with Gasteiger partial charge in [-0.3, -0.25) is 4.79 Å². The van der Waals surface area contributed by atoms with Crippen molar-refractivity contribution >= 4 is 44.8 Å². The SMILES string of the molecule is CNS(=O)(=O)c1cc(Nc2ncc(C)c(Nc3ccc4c(c3)NC(=O)CO4)n2)ccc1C. The second kappa shape index (κ2) is 8.44. The first kappa shape index (κ1) is 21.5. The van der Waals surface area contributed by atoms with Gasteiger partial charge in [0.1, 0.15) is 11.6 Å². The molecule has 1 aliphatic heterocycles. The van der Waals surface area contributed by atoms with Crippen molar-refractivity contribution in [1.82, 2.24) is 14.7 Å². The van der Waals surface area contributed by atoms with Crippen molar-refractivity contribution in [3.8, 4) is 5.75 Å². The summed E-state index contributed by atoms with van der Waals surface area (Å²) < 4.78 is 32.2. The van der Waals surface area contributed by atoms with Crippen LogP contribution < -0.4 is 25.4 Å². The monoisotopic (exact) mass is 454 g/mol. The molecule has 1 amide bonds. The van der Waals surface area contributed by atoms with Crippen molar-refractivity contribution in [2.45, 2.75) is 18.7 Å². The molecular weight excluding hydrogens is 432 g/mol. The summed E-state index contributed by atoms with van der Waals surface area (Å²) in [7, 11) is -2.22. The summed E-state index contributed by atoms with van der Waals surface area (Å²) in [6, 6.07) is 10.3. The van der Waals surface area contributed by atoms with E-state index in [-0.39, 0.29) is 17.4 Å². The molecule has 0 fully saturated rings. The number of nitrogens with zero attached hydrogens (tertiary/aromatic N) is 2. The van der Waals surface area contributed by atoms with Crippen LogP contribution in [0.3, 0.4) is 0 Å². The second-order valence-corrected chi connectivity index (χ2v) is 9.07. The average molecular weight is 455 g/mol. The van der Waals surface area contributed by atoms with Crippen LogP contribution >= 0.6 is 0 Å². The molecule has 10 nitrogen and oxygen atoms in total. The summed E-state index contributed by atoms with van der Waals surface area (Å²) >= 11 is 0. The summed E-state index contributed by atoms with van der Waals surface area (Å²) in [6.07, 6.45) is 1.65. The van der Waals surface area contributed by atoms with E-state index >= 15 is 0 Å². The molecule has 32 heavy (non-hydrogen) atoms. The number of carbonyl (C=O) groups is 1. The molecule has 11 heteroatoms. The number of aryl methyl sites for hydroxylation is 2. The fourth-order valence-corrected chi connectivity index (χ4v) is 4.13. The highest BCUT2D eigenvalue weighted by Gasteiger charge is 2.17. The third-order valence-corrected chi connectivity index (χ3v) is 6.41. The van der Waals surface area contributed by atoms with E-state index in [0.29, 0.717) is 40.1 Å². The predicted molar refractivity (Wildman–Crippen MR) is 121 cm³/mol. The Morgan fingerprint density at radius 2 is 1.78 bits per heavy atom. The predicted octanol–water partition coefficient (Wildman–Crippen LogP) is 2.82. The molecule has 0 saturated heterocycles. The van der Waals surface area contributed by atoms with Gasteiger partial charge in [0, 0.05) is 23.1 Å². The number of sulfonamides is 1. The molecule has 166 valence electrons. The molecule has 0 bridgehead atoms. The molecular formula is C21H22N6O4S. The molecule has 2 aromatic carbocycles. The fourth-order valence-electron chi connectivity index (χ4n) is 3.13. The summed E-state index contributed by atoms with van der Waals surface area (Å²) in [5, 5.41) is 9.03. The number of ether oxygens (including phenoxy) is 1. The lowest BCUT2D eigenvalue weighted by atomic mass is 10.2. The van der Waals surface area contributed by atoms with Crippen molar-refractivity contribution in [2.75, 3.05) is 29.6 Å². The van der Waals surface area contributed by atoms with Crippen LogP contribution in [0.15, 0.2) is 47.5 Å². The number of rotatable bonds is 6. The maximum absolute atomic E-state index is 12.2. The summed E-state index contributed by atoms with van der Waals surface area (Å²) in [5.41, 5.74) is 3.25. The lowest BCUT2D eigenvalue weighted by molar-refractivity contribution is -0.118. The molecule has 1 aliphatic rings. The normalized spacial score (nSPS) is 13.0. The highest BCUT2D eigenvalue weighted by atomic mass is 32.2. The van der Waals surface area contributed by atoms with Crippen molar-refractivity contribution in [2.24, 2.45) is 0 Å². The third-order valence-electron chi connectivity index (χ3n) is 4.85. The lowest BCUT2D eigenvalue weighted by Crippen LogP contribution is -2.25. The van der Waals surface area contributed by atoms with Crippen LogP contribution in [-0.2, 0) is 14.8 Å². The van der Waals surface area contributed by atoms with E-state index in [4.69, 9.17) is 4.74 Å². The highest BCUT2D eigenvalue weighted by molar-refractivity contribution is 7.89. The van der Waals surface area contributed by atoms with E-state index in [1.165, 1.54) is 13.1 Å². The largest absolute Gasteiger partial charge is 0.482 e. The number of hydrogen-bond acceptors (Lipinski definition) is 8. The third kappa shape index (κ3) is 4.48. The summed E-state index contributed by atoms with van der Waals surface area (Å²) in [6.45, 7) is 3.58. The molecule has 0 atom stereocenters. The molecule has 4 N–H and O–H groups in total. The van der Waals surface area contributed by atoms with Crippen LogP contribution in [-0.4, -0.2) is 37.9 Å². The Balaban J connectivity index is 1.58. The Morgan fingerprint density at radius 1 is 1.03 bits per heavy atom. The number of fused-ring (bicyclic) bond motifs is 1. The Bertz CT molecular complexity index is 1310. The van der Waals surface area contributed by atoms with Gasteiger partial charge in [0.05, 0.1) is 10.6 Å². The zero-order valence-electron chi connectivity index (χ0n) is 17.7. The van der Waals surface area contributed by atoms with Crippen LogP contribution in [0.25, 0.3) is 0 Å². The maximum Gasteiger partial charge on any atom is 0.262 e. The molecule has 3 aromatic rings. The first-order valence-electron chi connectivity index (χ1n) is 9.74. The molecule has 0 radical (unpaired) electrons. The first-order valence-corrected chi connectivity index (χ1v) is 11.2. The average Bonchev–Trinajstić information content (AvgIpc) is 2.77. The number of anilines is 5. The van der Waals surface area contributed by atoms with E-state index in [0.717, 1.165) is 5.56 Å². The smallest absolute Gasteiger partial charge is 0.262 e. The minimum atomic E-state index is -3.59. The van der Waals surface area contributed by atoms with Gasteiger partial charge in [-0.1, -0.05) is 6.07 Å². The Labute approximate surface area is 185 Å². The Hall–Kier alpha value is -3.70. The molecule has 0 saturated carbocycles.